The average molecular weight is 964 g/mol. The summed E-state index contributed by atoms with van der Waals surface area (Å²) in [5, 5.41) is 86.4. The van der Waals surface area contributed by atoms with Gasteiger partial charge < -0.3 is 65.1 Å². The minimum Gasteiger partial charge on any atom is -0.394 e. The highest BCUT2D eigenvalue weighted by Crippen LogP contribution is 2.30. The Kier molecular flexibility index (Phi) is 36.3. The van der Waals surface area contributed by atoms with Crippen LogP contribution < -0.4 is 5.32 Å². The molecule has 0 aliphatic carbocycles. The lowest BCUT2D eigenvalue weighted by Crippen LogP contribution is -2.65. The first-order valence-corrected chi connectivity index (χ1v) is 26.2. The van der Waals surface area contributed by atoms with E-state index in [4.69, 9.17) is 18.9 Å². The van der Waals surface area contributed by atoms with Crippen LogP contribution in [0.2, 0.25) is 0 Å². The summed E-state index contributed by atoms with van der Waals surface area (Å²) in [5.41, 5.74) is 0. The molecular formula is C54H93NO13. The van der Waals surface area contributed by atoms with Crippen molar-refractivity contribution in [1.29, 1.82) is 0 Å². The fraction of sp³-hybridized carbons (Fsp3) is 0.759. The maximum atomic E-state index is 13.1. The molecule has 0 spiro atoms. The fourth-order valence-electron chi connectivity index (χ4n) is 8.13. The Morgan fingerprint density at radius 2 is 1.03 bits per heavy atom. The Morgan fingerprint density at radius 1 is 0.544 bits per heavy atom. The lowest BCUT2D eigenvalue weighted by atomic mass is 9.97. The minimum atomic E-state index is -1.79. The standard InChI is InChI=1S/C54H93NO13/c1-3-5-7-9-11-12-13-14-15-16-17-18-19-20-21-22-23-24-25-26-27-28-29-30-32-34-36-38-46(59)55-42(43(58)37-35-33-31-10-8-6-4-2)41-65-53-51(64)49(62)52(45(40-57)67-53)68-54-50(63)48(61)47(60)44(39-56)66-54/h5,7-8,10-12,14-15,17-18,35,37,42-45,47-54,56-58,60-64H,3-4,6,9,13,16,19-34,36,38-41H2,1-2H3,(H,55,59)/b7-5-,10-8+,12-11-,15-14-,18-17-,37-35+. The summed E-state index contributed by atoms with van der Waals surface area (Å²) in [6.07, 6.45) is 34.2. The van der Waals surface area contributed by atoms with Gasteiger partial charge in [0.1, 0.15) is 48.8 Å². The molecule has 0 saturated carbocycles. The molecule has 2 rings (SSSR count). The number of aliphatic hydroxyl groups is 8. The van der Waals surface area contributed by atoms with Crippen molar-refractivity contribution in [2.75, 3.05) is 19.8 Å². The van der Waals surface area contributed by atoms with Crippen LogP contribution in [0, 0.1) is 0 Å². The summed E-state index contributed by atoms with van der Waals surface area (Å²) >= 11 is 0. The molecule has 0 aromatic rings. The van der Waals surface area contributed by atoms with E-state index in [2.05, 4.69) is 79.9 Å². The van der Waals surface area contributed by atoms with Crippen LogP contribution in [0.4, 0.5) is 0 Å². The van der Waals surface area contributed by atoms with Gasteiger partial charge in [-0.3, -0.25) is 4.79 Å². The fourth-order valence-corrected chi connectivity index (χ4v) is 8.13. The first kappa shape index (κ1) is 61.5. The molecule has 0 bridgehead atoms. The molecule has 392 valence electrons. The Bertz CT molecular complexity index is 1420. The predicted octanol–water partition coefficient (Wildman–Crippen LogP) is 7.21. The van der Waals surface area contributed by atoms with Gasteiger partial charge in [0.15, 0.2) is 12.6 Å². The summed E-state index contributed by atoms with van der Waals surface area (Å²) in [6.45, 7) is 2.52. The molecule has 0 aromatic heterocycles. The van der Waals surface area contributed by atoms with Crippen LogP contribution in [0.3, 0.4) is 0 Å². The van der Waals surface area contributed by atoms with Gasteiger partial charge in [0, 0.05) is 6.42 Å². The van der Waals surface area contributed by atoms with E-state index in [9.17, 15) is 45.6 Å². The number of ether oxygens (including phenoxy) is 4. The van der Waals surface area contributed by atoms with Crippen molar-refractivity contribution in [3.63, 3.8) is 0 Å². The second kappa shape index (κ2) is 40.1. The van der Waals surface area contributed by atoms with E-state index >= 15 is 0 Å². The molecular weight excluding hydrogens is 871 g/mol. The largest absolute Gasteiger partial charge is 0.394 e. The van der Waals surface area contributed by atoms with E-state index in [1.807, 2.05) is 6.08 Å². The van der Waals surface area contributed by atoms with E-state index < -0.39 is 86.8 Å². The van der Waals surface area contributed by atoms with Gasteiger partial charge >= 0.3 is 0 Å². The lowest BCUT2D eigenvalue weighted by molar-refractivity contribution is -0.359. The number of allylic oxidation sites excluding steroid dienone is 11. The van der Waals surface area contributed by atoms with Crippen molar-refractivity contribution in [1.82, 2.24) is 5.32 Å². The Balaban J connectivity index is 1.67. The van der Waals surface area contributed by atoms with Crippen LogP contribution in [0.15, 0.2) is 72.9 Å². The van der Waals surface area contributed by atoms with Gasteiger partial charge in [-0.1, -0.05) is 170 Å². The highest BCUT2D eigenvalue weighted by atomic mass is 16.7. The number of carbonyl (C=O) groups excluding carboxylic acids is 1. The molecule has 2 aliphatic heterocycles. The number of carbonyl (C=O) groups is 1. The number of aliphatic hydroxyl groups excluding tert-OH is 8. The maximum Gasteiger partial charge on any atom is 0.220 e. The molecule has 2 heterocycles. The van der Waals surface area contributed by atoms with Crippen LogP contribution >= 0.6 is 0 Å². The van der Waals surface area contributed by atoms with Crippen LogP contribution in [-0.2, 0) is 23.7 Å². The van der Waals surface area contributed by atoms with Gasteiger partial charge in [-0.05, 0) is 64.2 Å². The third kappa shape index (κ3) is 26.6. The zero-order valence-corrected chi connectivity index (χ0v) is 41.6. The highest BCUT2D eigenvalue weighted by molar-refractivity contribution is 5.76. The number of rotatable bonds is 39. The van der Waals surface area contributed by atoms with Gasteiger partial charge in [-0.15, -0.1) is 0 Å². The van der Waals surface area contributed by atoms with Crippen molar-refractivity contribution in [2.45, 2.75) is 242 Å². The molecule has 12 atom stereocenters. The third-order valence-corrected chi connectivity index (χ3v) is 12.4. The number of hydrogen-bond acceptors (Lipinski definition) is 13. The van der Waals surface area contributed by atoms with E-state index in [0.717, 1.165) is 64.2 Å². The highest BCUT2D eigenvalue weighted by Gasteiger charge is 2.51. The Labute approximate surface area is 408 Å². The third-order valence-electron chi connectivity index (χ3n) is 12.4. The molecule has 14 heteroatoms. The number of nitrogens with one attached hydrogen (secondary N) is 1. The number of unbranched alkanes of at least 4 members (excludes halogenated alkanes) is 16. The van der Waals surface area contributed by atoms with E-state index in [1.165, 1.54) is 70.6 Å². The molecule has 2 saturated heterocycles. The second-order valence-corrected chi connectivity index (χ2v) is 18.3. The van der Waals surface area contributed by atoms with Crippen LogP contribution in [-0.4, -0.2) is 140 Å². The van der Waals surface area contributed by atoms with Crippen LogP contribution in [0.5, 0.6) is 0 Å². The summed E-state index contributed by atoms with van der Waals surface area (Å²) in [4.78, 5) is 13.1. The molecule has 2 fully saturated rings. The second-order valence-electron chi connectivity index (χ2n) is 18.3. The maximum absolute atomic E-state index is 13.1. The minimum absolute atomic E-state index is 0.259. The van der Waals surface area contributed by atoms with Crippen molar-refractivity contribution < 1.29 is 64.6 Å². The normalized spacial score (nSPS) is 27.0. The Morgan fingerprint density at radius 3 is 1.60 bits per heavy atom. The number of hydrogen-bond donors (Lipinski definition) is 9. The molecule has 12 unspecified atom stereocenters. The molecule has 2 aliphatic rings. The first-order chi connectivity index (χ1) is 33.1. The van der Waals surface area contributed by atoms with Crippen molar-refractivity contribution in [3.05, 3.63) is 72.9 Å². The molecule has 0 radical (unpaired) electrons. The molecule has 0 aromatic carbocycles. The van der Waals surface area contributed by atoms with Gasteiger partial charge in [-0.25, -0.2) is 0 Å². The SMILES string of the molecule is CC/C=C\C/C=C\C/C=C\C/C=C\CCCCCCCCCCCCCCCCC(=O)NC(COC1OC(CO)C(OC2OC(CO)C(O)C(O)C2O)C(O)C1O)C(O)/C=C/CC/C=C/CCC. The summed E-state index contributed by atoms with van der Waals surface area (Å²) in [7, 11) is 0. The molecule has 9 N–H and O–H groups in total. The smallest absolute Gasteiger partial charge is 0.220 e. The van der Waals surface area contributed by atoms with Gasteiger partial charge in [0.2, 0.25) is 5.91 Å². The zero-order chi connectivity index (χ0) is 49.6. The van der Waals surface area contributed by atoms with Crippen molar-refractivity contribution in [2.24, 2.45) is 0 Å². The topological polar surface area (TPSA) is 228 Å². The van der Waals surface area contributed by atoms with Gasteiger partial charge in [0.25, 0.3) is 0 Å². The van der Waals surface area contributed by atoms with Gasteiger partial charge in [0.05, 0.1) is 32.0 Å². The summed E-state index contributed by atoms with van der Waals surface area (Å²) < 4.78 is 22.6. The average Bonchev–Trinajstić information content (AvgIpc) is 3.34. The van der Waals surface area contributed by atoms with E-state index in [0.29, 0.717) is 12.8 Å². The molecule has 68 heavy (non-hydrogen) atoms. The quantitative estimate of drug-likeness (QED) is 0.0220. The predicted molar refractivity (Wildman–Crippen MR) is 267 cm³/mol. The zero-order valence-electron chi connectivity index (χ0n) is 41.6. The van der Waals surface area contributed by atoms with Crippen LogP contribution in [0.25, 0.3) is 0 Å². The van der Waals surface area contributed by atoms with Crippen LogP contribution in [0.1, 0.15) is 168 Å². The molecule has 14 nitrogen and oxygen atoms in total. The number of amides is 1. The molecule has 1 amide bonds. The van der Waals surface area contributed by atoms with Gasteiger partial charge in [-0.2, -0.15) is 0 Å². The van der Waals surface area contributed by atoms with Crippen molar-refractivity contribution >= 4 is 5.91 Å². The summed E-state index contributed by atoms with van der Waals surface area (Å²) in [6, 6.07) is -0.931. The summed E-state index contributed by atoms with van der Waals surface area (Å²) in [5.74, 6) is -0.259. The van der Waals surface area contributed by atoms with E-state index in [1.54, 1.807) is 6.08 Å². The monoisotopic (exact) mass is 964 g/mol. The first-order valence-electron chi connectivity index (χ1n) is 26.2. The Hall–Kier alpha value is -2.57. The van der Waals surface area contributed by atoms with E-state index in [-0.39, 0.29) is 18.9 Å². The van der Waals surface area contributed by atoms with Crippen molar-refractivity contribution in [3.8, 4) is 0 Å². The lowest BCUT2D eigenvalue weighted by Gasteiger charge is -2.46.